The molecule has 0 radical (unpaired) electrons. The largest absolute Gasteiger partial charge is 0.478 e. The molecule has 0 bridgehead atoms. The number of carboxylic acids is 1. The first kappa shape index (κ1) is 14.3. The molecule has 2 aromatic rings. The van der Waals surface area contributed by atoms with Gasteiger partial charge in [0, 0.05) is 11.6 Å². The first-order valence-electron chi connectivity index (χ1n) is 7.07. The lowest BCUT2D eigenvalue weighted by atomic mass is 10.0. The van der Waals surface area contributed by atoms with Crippen molar-refractivity contribution in [3.63, 3.8) is 0 Å². The first-order valence-corrected chi connectivity index (χ1v) is 7.07. The topological polar surface area (TPSA) is 92.4 Å². The number of amides is 1. The van der Waals surface area contributed by atoms with Crippen LogP contribution in [0.2, 0.25) is 0 Å². The van der Waals surface area contributed by atoms with E-state index in [0.29, 0.717) is 28.4 Å². The second-order valence-corrected chi connectivity index (χ2v) is 5.63. The second-order valence-electron chi connectivity index (χ2n) is 5.63. The van der Waals surface area contributed by atoms with Crippen LogP contribution in [-0.2, 0) is 0 Å². The van der Waals surface area contributed by atoms with E-state index in [-0.39, 0.29) is 11.5 Å². The van der Waals surface area contributed by atoms with E-state index in [9.17, 15) is 14.7 Å². The maximum atomic E-state index is 12.4. The van der Waals surface area contributed by atoms with E-state index in [1.165, 1.54) is 12.3 Å². The minimum atomic E-state index is -1.02. The number of hydrogen-bond donors (Lipinski definition) is 2. The highest BCUT2D eigenvalue weighted by atomic mass is 16.5. The van der Waals surface area contributed by atoms with Gasteiger partial charge in [0.15, 0.2) is 0 Å². The van der Waals surface area contributed by atoms with Crippen LogP contribution in [0.1, 0.15) is 56.3 Å². The number of carboxylic acid groups (broad SMARTS) is 1. The van der Waals surface area contributed by atoms with E-state index < -0.39 is 5.97 Å². The summed E-state index contributed by atoms with van der Waals surface area (Å²) >= 11 is 0. The van der Waals surface area contributed by atoms with Gasteiger partial charge in [-0.15, -0.1) is 0 Å². The number of hydrogen-bond acceptors (Lipinski definition) is 4. The Kier molecular flexibility index (Phi) is 3.44. The number of benzene rings is 1. The third-order valence-corrected chi connectivity index (χ3v) is 3.86. The smallest absolute Gasteiger partial charge is 0.336 e. The Labute approximate surface area is 127 Å². The number of aromatic nitrogens is 1. The van der Waals surface area contributed by atoms with E-state index in [0.717, 1.165) is 18.4 Å². The zero-order valence-electron chi connectivity index (χ0n) is 12.3. The van der Waals surface area contributed by atoms with Gasteiger partial charge in [-0.05, 0) is 43.9 Å². The van der Waals surface area contributed by atoms with Crippen LogP contribution in [0.4, 0.5) is 5.69 Å². The average molecular weight is 300 g/mol. The lowest BCUT2D eigenvalue weighted by molar-refractivity contribution is 0.0695. The summed E-state index contributed by atoms with van der Waals surface area (Å²) in [6.45, 7) is 3.55. The number of nitrogens with zero attached hydrogens (tertiary/aromatic N) is 1. The van der Waals surface area contributed by atoms with Crippen LogP contribution in [0.25, 0.3) is 0 Å². The molecular weight excluding hydrogens is 284 g/mol. The van der Waals surface area contributed by atoms with Gasteiger partial charge in [-0.2, -0.15) is 0 Å². The molecule has 6 nitrogen and oxygen atoms in total. The second kappa shape index (κ2) is 5.29. The number of nitrogens with one attached hydrogen (secondary N) is 1. The molecule has 1 fully saturated rings. The number of aryl methyl sites for hydroxylation is 2. The van der Waals surface area contributed by atoms with Crippen molar-refractivity contribution >= 4 is 17.6 Å². The zero-order valence-corrected chi connectivity index (χ0v) is 12.3. The minimum absolute atomic E-state index is 0.175. The van der Waals surface area contributed by atoms with Crippen molar-refractivity contribution < 1.29 is 19.2 Å². The molecule has 1 aromatic heterocycles. The number of rotatable bonds is 4. The molecule has 0 unspecified atom stereocenters. The Balaban J connectivity index is 1.89. The molecule has 0 atom stereocenters. The summed E-state index contributed by atoms with van der Waals surface area (Å²) in [5, 5.41) is 15.8. The molecule has 1 saturated carbocycles. The third-order valence-electron chi connectivity index (χ3n) is 3.86. The van der Waals surface area contributed by atoms with Gasteiger partial charge in [-0.25, -0.2) is 4.79 Å². The average Bonchev–Trinajstić information content (AvgIpc) is 3.18. The van der Waals surface area contributed by atoms with Crippen LogP contribution >= 0.6 is 0 Å². The van der Waals surface area contributed by atoms with E-state index in [1.54, 1.807) is 13.0 Å². The summed E-state index contributed by atoms with van der Waals surface area (Å²) < 4.78 is 4.91. The van der Waals surface area contributed by atoms with Gasteiger partial charge < -0.3 is 14.9 Å². The number of anilines is 1. The molecular formula is C16H16N2O4. The molecule has 6 heteroatoms. The molecule has 1 aliphatic rings. The van der Waals surface area contributed by atoms with Crippen molar-refractivity contribution in [2.75, 3.05) is 5.32 Å². The van der Waals surface area contributed by atoms with E-state index >= 15 is 0 Å². The summed E-state index contributed by atoms with van der Waals surface area (Å²) in [6.07, 6.45) is 3.36. The van der Waals surface area contributed by atoms with E-state index in [2.05, 4.69) is 10.5 Å². The van der Waals surface area contributed by atoms with Crippen molar-refractivity contribution in [2.24, 2.45) is 0 Å². The molecule has 1 amide bonds. The highest BCUT2D eigenvalue weighted by Gasteiger charge is 2.31. The van der Waals surface area contributed by atoms with Gasteiger partial charge >= 0.3 is 5.97 Å². The Morgan fingerprint density at radius 1 is 1.23 bits per heavy atom. The lowest BCUT2D eigenvalue weighted by Gasteiger charge is -2.11. The standard InChI is InChI=1S/C16H16N2O4/c1-8-5-9(2)13(6-11(8)16(20)21)17-15(19)12-7-22-18-14(12)10-3-4-10/h5-7,10H,3-4H2,1-2H3,(H,17,19)(H,20,21). The van der Waals surface area contributed by atoms with Gasteiger partial charge in [0.05, 0.1) is 11.3 Å². The summed E-state index contributed by atoms with van der Waals surface area (Å²) in [7, 11) is 0. The van der Waals surface area contributed by atoms with Crippen LogP contribution in [0.3, 0.4) is 0 Å². The van der Waals surface area contributed by atoms with Crippen LogP contribution in [0, 0.1) is 13.8 Å². The lowest BCUT2D eigenvalue weighted by Crippen LogP contribution is -2.15. The summed E-state index contributed by atoms with van der Waals surface area (Å²) in [6, 6.07) is 3.23. The molecule has 0 saturated heterocycles. The third kappa shape index (κ3) is 2.59. The molecule has 2 N–H and O–H groups in total. The fraction of sp³-hybridized carbons (Fsp3) is 0.312. The molecule has 1 aromatic carbocycles. The normalized spacial score (nSPS) is 13.9. The number of carbonyl (C=O) groups is 2. The first-order chi connectivity index (χ1) is 10.5. The van der Waals surface area contributed by atoms with E-state index in [4.69, 9.17) is 4.52 Å². The predicted molar refractivity (Wildman–Crippen MR) is 79.3 cm³/mol. The highest BCUT2D eigenvalue weighted by molar-refractivity contribution is 6.06. The quantitative estimate of drug-likeness (QED) is 0.905. The SMILES string of the molecule is Cc1cc(C)c(C(=O)O)cc1NC(=O)c1conc1C1CC1. The van der Waals surface area contributed by atoms with Crippen LogP contribution < -0.4 is 5.32 Å². The summed E-state index contributed by atoms with van der Waals surface area (Å²) in [5.74, 6) is -1.05. The van der Waals surface area contributed by atoms with Gasteiger partial charge in [0.2, 0.25) is 0 Å². The maximum absolute atomic E-state index is 12.4. The van der Waals surface area contributed by atoms with Crippen molar-refractivity contribution in [3.8, 4) is 0 Å². The molecule has 1 heterocycles. The summed E-state index contributed by atoms with van der Waals surface area (Å²) in [5.41, 5.74) is 3.22. The summed E-state index contributed by atoms with van der Waals surface area (Å²) in [4.78, 5) is 23.6. The van der Waals surface area contributed by atoms with Gasteiger partial charge in [0.25, 0.3) is 5.91 Å². The maximum Gasteiger partial charge on any atom is 0.336 e. The molecule has 114 valence electrons. The zero-order chi connectivity index (χ0) is 15.9. The van der Waals surface area contributed by atoms with Crippen LogP contribution in [-0.4, -0.2) is 22.1 Å². The van der Waals surface area contributed by atoms with Crippen molar-refractivity contribution in [1.29, 1.82) is 0 Å². The minimum Gasteiger partial charge on any atom is -0.478 e. The monoisotopic (exact) mass is 300 g/mol. The molecule has 1 aliphatic carbocycles. The number of aromatic carboxylic acids is 1. The van der Waals surface area contributed by atoms with Gasteiger partial charge in [-0.3, -0.25) is 4.79 Å². The Hall–Kier alpha value is -2.63. The van der Waals surface area contributed by atoms with Gasteiger partial charge in [0.1, 0.15) is 11.8 Å². The number of carbonyl (C=O) groups excluding carboxylic acids is 1. The fourth-order valence-corrected chi connectivity index (χ4v) is 2.47. The molecule has 22 heavy (non-hydrogen) atoms. The van der Waals surface area contributed by atoms with Gasteiger partial charge in [-0.1, -0.05) is 11.2 Å². The molecule has 3 rings (SSSR count). The Morgan fingerprint density at radius 2 is 1.95 bits per heavy atom. The van der Waals surface area contributed by atoms with Crippen LogP contribution in [0.5, 0.6) is 0 Å². The fourth-order valence-electron chi connectivity index (χ4n) is 2.47. The molecule has 0 aliphatic heterocycles. The molecule has 0 spiro atoms. The van der Waals surface area contributed by atoms with Crippen molar-refractivity contribution in [1.82, 2.24) is 5.16 Å². The van der Waals surface area contributed by atoms with Crippen molar-refractivity contribution in [2.45, 2.75) is 32.6 Å². The van der Waals surface area contributed by atoms with E-state index in [1.807, 2.05) is 6.92 Å². The highest BCUT2D eigenvalue weighted by Crippen LogP contribution is 2.40. The predicted octanol–water partition coefficient (Wildman–Crippen LogP) is 3.12. The van der Waals surface area contributed by atoms with Crippen LogP contribution in [0.15, 0.2) is 22.9 Å². The Bertz CT molecular complexity index is 760. The Morgan fingerprint density at radius 3 is 2.59 bits per heavy atom. The van der Waals surface area contributed by atoms with Crippen molar-refractivity contribution in [3.05, 3.63) is 46.3 Å².